The highest BCUT2D eigenvalue weighted by Gasteiger charge is 2.27. The first-order chi connectivity index (χ1) is 5.61. The molecule has 1 nitrogen and oxygen atoms in total. The second kappa shape index (κ2) is 4.27. The molecule has 0 N–H and O–H groups in total. The van der Waals surface area contributed by atoms with Crippen LogP contribution in [-0.4, -0.2) is 11.2 Å². The van der Waals surface area contributed by atoms with Crippen molar-refractivity contribution in [3.8, 4) is 0 Å². The van der Waals surface area contributed by atoms with E-state index in [1.165, 1.54) is 0 Å². The lowest BCUT2D eigenvalue weighted by Gasteiger charge is -2.25. The molecule has 0 bridgehead atoms. The van der Waals surface area contributed by atoms with Crippen molar-refractivity contribution in [2.24, 2.45) is 11.8 Å². The van der Waals surface area contributed by atoms with Crippen LogP contribution in [0.4, 0.5) is 0 Å². The van der Waals surface area contributed by atoms with Crippen LogP contribution in [0.2, 0.25) is 0 Å². The first kappa shape index (κ1) is 10.0. The summed E-state index contributed by atoms with van der Waals surface area (Å²) in [6.45, 7) is 3.94. The number of rotatable bonds is 2. The van der Waals surface area contributed by atoms with Gasteiger partial charge in [-0.15, -0.1) is 11.6 Å². The van der Waals surface area contributed by atoms with Crippen LogP contribution in [0, 0.1) is 11.8 Å². The van der Waals surface area contributed by atoms with Crippen molar-refractivity contribution in [3.63, 3.8) is 0 Å². The molecule has 0 heterocycles. The maximum atomic E-state index is 11.6. The molecule has 0 radical (unpaired) electrons. The van der Waals surface area contributed by atoms with Gasteiger partial charge in [-0.2, -0.15) is 0 Å². The molecule has 0 aliphatic heterocycles. The quantitative estimate of drug-likeness (QED) is 0.609. The van der Waals surface area contributed by atoms with Crippen LogP contribution in [0.1, 0.15) is 39.5 Å². The third-order valence-corrected chi connectivity index (χ3v) is 2.98. The van der Waals surface area contributed by atoms with Gasteiger partial charge in [0.25, 0.3) is 0 Å². The van der Waals surface area contributed by atoms with Crippen LogP contribution in [0.15, 0.2) is 0 Å². The Hall–Kier alpha value is -0.0400. The fraction of sp³-hybridized carbons (Fsp3) is 0.900. The summed E-state index contributed by atoms with van der Waals surface area (Å²) in [5.74, 6) is 0.832. The van der Waals surface area contributed by atoms with E-state index < -0.39 is 0 Å². The van der Waals surface area contributed by atoms with E-state index in [9.17, 15) is 4.79 Å². The van der Waals surface area contributed by atoms with Gasteiger partial charge in [-0.1, -0.05) is 20.3 Å². The summed E-state index contributed by atoms with van der Waals surface area (Å²) in [4.78, 5) is 11.6. The Morgan fingerprint density at radius 3 is 2.58 bits per heavy atom. The lowest BCUT2D eigenvalue weighted by atomic mass is 9.82. The van der Waals surface area contributed by atoms with E-state index in [0.29, 0.717) is 5.78 Å². The molecular formula is C10H17ClO. The molecule has 70 valence electrons. The van der Waals surface area contributed by atoms with E-state index in [0.717, 1.165) is 25.7 Å². The molecule has 1 rings (SSSR count). The molecule has 2 unspecified atom stereocenters. The van der Waals surface area contributed by atoms with Gasteiger partial charge in [0.2, 0.25) is 0 Å². The normalized spacial score (nSPS) is 30.7. The summed E-state index contributed by atoms with van der Waals surface area (Å²) in [7, 11) is 0. The molecule has 0 saturated heterocycles. The van der Waals surface area contributed by atoms with Gasteiger partial charge in [-0.25, -0.2) is 0 Å². The maximum absolute atomic E-state index is 11.6. The molecule has 0 amide bonds. The van der Waals surface area contributed by atoms with E-state index in [2.05, 4.69) is 0 Å². The summed E-state index contributed by atoms with van der Waals surface area (Å²) < 4.78 is 0. The summed E-state index contributed by atoms with van der Waals surface area (Å²) in [6.07, 6.45) is 4.17. The number of alkyl halides is 1. The fourth-order valence-electron chi connectivity index (χ4n) is 1.86. The van der Waals surface area contributed by atoms with Gasteiger partial charge in [0, 0.05) is 17.2 Å². The third kappa shape index (κ3) is 2.48. The molecule has 1 saturated carbocycles. The minimum Gasteiger partial charge on any atom is -0.299 e. The fourth-order valence-corrected chi connectivity index (χ4v) is 2.23. The van der Waals surface area contributed by atoms with Crippen molar-refractivity contribution in [1.29, 1.82) is 0 Å². The molecule has 1 aliphatic rings. The Balaban J connectivity index is 2.46. The van der Waals surface area contributed by atoms with Gasteiger partial charge in [0.1, 0.15) is 5.78 Å². The van der Waals surface area contributed by atoms with Crippen molar-refractivity contribution in [3.05, 3.63) is 0 Å². The predicted octanol–water partition coefficient (Wildman–Crippen LogP) is 3.01. The third-order valence-electron chi connectivity index (χ3n) is 2.58. The smallest absolute Gasteiger partial charge is 0.138 e. The van der Waals surface area contributed by atoms with Crippen molar-refractivity contribution in [2.45, 2.75) is 44.9 Å². The Kier molecular flexibility index (Phi) is 3.57. The number of halogens is 1. The van der Waals surface area contributed by atoms with E-state index in [1.807, 2.05) is 13.8 Å². The topological polar surface area (TPSA) is 17.1 Å². The Bertz CT molecular complexity index is 165. The average molecular weight is 189 g/mol. The standard InChI is InChI=1S/C10H17ClO/c1-7(2)10(12)8-4-3-5-9(11)6-8/h7-9H,3-6H2,1-2H3. The molecule has 2 atom stereocenters. The maximum Gasteiger partial charge on any atom is 0.138 e. The molecule has 1 aliphatic carbocycles. The summed E-state index contributed by atoms with van der Waals surface area (Å²) in [5.41, 5.74) is 0. The van der Waals surface area contributed by atoms with Crippen molar-refractivity contribution < 1.29 is 4.79 Å². The van der Waals surface area contributed by atoms with Gasteiger partial charge >= 0.3 is 0 Å². The molecule has 0 aromatic rings. The molecular weight excluding hydrogens is 172 g/mol. The Labute approximate surface area is 79.5 Å². The van der Waals surface area contributed by atoms with Crippen molar-refractivity contribution in [2.75, 3.05) is 0 Å². The molecule has 0 spiro atoms. The number of Topliss-reactive ketones (excluding diaryl/α,β-unsaturated/α-hetero) is 1. The lowest BCUT2D eigenvalue weighted by Crippen LogP contribution is -2.26. The van der Waals surface area contributed by atoms with E-state index >= 15 is 0 Å². The van der Waals surface area contributed by atoms with Crippen LogP contribution in [-0.2, 0) is 4.79 Å². The number of hydrogen-bond donors (Lipinski definition) is 0. The van der Waals surface area contributed by atoms with E-state index in [-0.39, 0.29) is 17.2 Å². The van der Waals surface area contributed by atoms with Crippen molar-refractivity contribution in [1.82, 2.24) is 0 Å². The SMILES string of the molecule is CC(C)C(=O)C1CCCC(Cl)C1. The van der Waals surface area contributed by atoms with Crippen LogP contribution in [0.25, 0.3) is 0 Å². The van der Waals surface area contributed by atoms with Gasteiger partial charge in [-0.3, -0.25) is 4.79 Å². The zero-order chi connectivity index (χ0) is 9.14. The minimum absolute atomic E-state index is 0.178. The largest absolute Gasteiger partial charge is 0.299 e. The summed E-state index contributed by atoms with van der Waals surface area (Å²) >= 11 is 6.01. The first-order valence-electron chi connectivity index (χ1n) is 4.79. The molecule has 0 aromatic heterocycles. The highest BCUT2D eigenvalue weighted by Crippen LogP contribution is 2.29. The van der Waals surface area contributed by atoms with Gasteiger partial charge in [-0.05, 0) is 19.3 Å². The number of hydrogen-bond acceptors (Lipinski definition) is 1. The number of carbonyl (C=O) groups is 1. The highest BCUT2D eigenvalue weighted by atomic mass is 35.5. The molecule has 0 aromatic carbocycles. The van der Waals surface area contributed by atoms with Crippen LogP contribution < -0.4 is 0 Å². The number of carbonyl (C=O) groups excluding carboxylic acids is 1. The minimum atomic E-state index is 0.178. The number of ketones is 1. The van der Waals surface area contributed by atoms with E-state index in [4.69, 9.17) is 11.6 Å². The highest BCUT2D eigenvalue weighted by molar-refractivity contribution is 6.20. The second-order valence-corrected chi connectivity index (χ2v) is 4.64. The Morgan fingerprint density at radius 1 is 1.42 bits per heavy atom. The van der Waals surface area contributed by atoms with Crippen LogP contribution in [0.3, 0.4) is 0 Å². The lowest BCUT2D eigenvalue weighted by molar-refractivity contribution is -0.126. The molecule has 12 heavy (non-hydrogen) atoms. The van der Waals surface area contributed by atoms with E-state index in [1.54, 1.807) is 0 Å². The predicted molar refractivity (Wildman–Crippen MR) is 51.4 cm³/mol. The zero-order valence-electron chi connectivity index (χ0n) is 7.85. The monoisotopic (exact) mass is 188 g/mol. The van der Waals surface area contributed by atoms with Crippen LogP contribution >= 0.6 is 11.6 Å². The molecule has 2 heteroatoms. The molecule has 1 fully saturated rings. The zero-order valence-corrected chi connectivity index (χ0v) is 8.60. The van der Waals surface area contributed by atoms with Gasteiger partial charge < -0.3 is 0 Å². The van der Waals surface area contributed by atoms with Crippen molar-refractivity contribution >= 4 is 17.4 Å². The van der Waals surface area contributed by atoms with Gasteiger partial charge in [0.05, 0.1) is 0 Å². The van der Waals surface area contributed by atoms with Gasteiger partial charge in [0.15, 0.2) is 0 Å². The first-order valence-corrected chi connectivity index (χ1v) is 5.22. The second-order valence-electron chi connectivity index (χ2n) is 4.02. The van der Waals surface area contributed by atoms with Crippen LogP contribution in [0.5, 0.6) is 0 Å². The summed E-state index contributed by atoms with van der Waals surface area (Å²) in [6, 6.07) is 0. The summed E-state index contributed by atoms with van der Waals surface area (Å²) in [5, 5.41) is 0.242. The average Bonchev–Trinajstić information content (AvgIpc) is 2.03. The Morgan fingerprint density at radius 2 is 2.08 bits per heavy atom.